The molecule has 1 aliphatic rings. The van der Waals surface area contributed by atoms with Crippen LogP contribution in [-0.2, 0) is 28.8 Å². The SMILES string of the molecule is CCCCCCCCCCCCCCCCCCOC[C@H](COc1ccc(C#N)nn1)OP(=O)(O)OC[C@H]1O[C@@](NC)(c2ccc3c(N)ncnn23)[C@H](O)[C@@H]1O. The first-order valence-corrected chi connectivity index (χ1v) is 21.5. The van der Waals surface area contributed by atoms with E-state index in [9.17, 15) is 19.7 Å². The molecule has 312 valence electrons. The van der Waals surface area contributed by atoms with E-state index in [4.69, 9.17) is 34.3 Å². The average Bonchev–Trinajstić information content (AvgIpc) is 3.75. The number of phosphoric ester groups is 1. The van der Waals surface area contributed by atoms with Gasteiger partial charge in [-0.3, -0.25) is 14.4 Å². The van der Waals surface area contributed by atoms with E-state index in [1.54, 1.807) is 12.1 Å². The summed E-state index contributed by atoms with van der Waals surface area (Å²) in [7, 11) is -3.29. The van der Waals surface area contributed by atoms with Crippen molar-refractivity contribution in [1.29, 1.82) is 5.26 Å². The van der Waals surface area contributed by atoms with Gasteiger partial charge >= 0.3 is 7.82 Å². The van der Waals surface area contributed by atoms with Gasteiger partial charge in [0.25, 0.3) is 0 Å². The molecule has 6 N–H and O–H groups in total. The highest BCUT2D eigenvalue weighted by molar-refractivity contribution is 7.47. The van der Waals surface area contributed by atoms with Gasteiger partial charge in [-0.25, -0.2) is 14.1 Å². The molecule has 0 aromatic carbocycles. The molecule has 4 heterocycles. The van der Waals surface area contributed by atoms with E-state index >= 15 is 0 Å². The summed E-state index contributed by atoms with van der Waals surface area (Å²) in [5.41, 5.74) is 5.16. The minimum absolute atomic E-state index is 0.0777. The Hall–Kier alpha value is -3.30. The van der Waals surface area contributed by atoms with Crippen LogP contribution in [0.25, 0.3) is 5.52 Å². The van der Waals surface area contributed by atoms with E-state index in [1.807, 2.05) is 6.07 Å². The first-order chi connectivity index (χ1) is 27.1. The van der Waals surface area contributed by atoms with Crippen molar-refractivity contribution in [2.45, 2.75) is 140 Å². The molecule has 0 aliphatic carbocycles. The number of likely N-dealkylation sites (N-methyl/N-ethyl adjacent to an activating group) is 1. The second-order valence-corrected chi connectivity index (χ2v) is 15.7. The third kappa shape index (κ3) is 13.7. The number of unbranched alkanes of at least 4 members (excludes halogenated alkanes) is 15. The van der Waals surface area contributed by atoms with Crippen LogP contribution in [0.1, 0.15) is 121 Å². The molecule has 0 spiro atoms. The molecule has 0 saturated carbocycles. The Morgan fingerprint density at radius 2 is 1.61 bits per heavy atom. The van der Waals surface area contributed by atoms with E-state index in [1.165, 1.54) is 113 Å². The summed E-state index contributed by atoms with van der Waals surface area (Å²) in [6.45, 7) is 1.72. The van der Waals surface area contributed by atoms with Gasteiger partial charge in [-0.05, 0) is 31.7 Å². The zero-order chi connectivity index (χ0) is 40.2. The summed E-state index contributed by atoms with van der Waals surface area (Å²) in [5.74, 6) is 0.274. The molecule has 18 heteroatoms. The van der Waals surface area contributed by atoms with Crippen LogP contribution in [0.5, 0.6) is 5.88 Å². The molecular formula is C38H61N8O9P. The third-order valence-electron chi connectivity index (χ3n) is 9.99. The predicted octanol–water partition coefficient (Wildman–Crippen LogP) is 5.33. The van der Waals surface area contributed by atoms with E-state index in [0.29, 0.717) is 17.8 Å². The Balaban J connectivity index is 1.20. The Kier molecular flexibility index (Phi) is 19.3. The van der Waals surface area contributed by atoms with Crippen molar-refractivity contribution < 1.29 is 42.9 Å². The topological polar surface area (TPSA) is 242 Å². The maximum absolute atomic E-state index is 13.2. The lowest BCUT2D eigenvalue weighted by molar-refractivity contribution is -0.119. The van der Waals surface area contributed by atoms with Gasteiger partial charge in [-0.1, -0.05) is 103 Å². The van der Waals surface area contributed by atoms with Crippen LogP contribution in [0.2, 0.25) is 0 Å². The molecule has 4 rings (SSSR count). The van der Waals surface area contributed by atoms with Crippen LogP contribution in [-0.4, -0.2) is 97.8 Å². The molecule has 3 aromatic heterocycles. The molecule has 0 radical (unpaired) electrons. The fourth-order valence-corrected chi connectivity index (χ4v) is 7.73. The smallest absolute Gasteiger partial charge is 0.472 e. The highest BCUT2D eigenvalue weighted by Crippen LogP contribution is 2.47. The molecule has 3 aromatic rings. The Labute approximate surface area is 329 Å². The van der Waals surface area contributed by atoms with Crippen LogP contribution in [0, 0.1) is 11.3 Å². The van der Waals surface area contributed by atoms with E-state index in [2.05, 4.69) is 32.5 Å². The van der Waals surface area contributed by atoms with Gasteiger partial charge in [0, 0.05) is 12.7 Å². The number of hydrogen-bond acceptors (Lipinski definition) is 15. The summed E-state index contributed by atoms with van der Waals surface area (Å²) in [5, 5.41) is 45.7. The van der Waals surface area contributed by atoms with Gasteiger partial charge in [0.05, 0.1) is 18.9 Å². The maximum Gasteiger partial charge on any atom is 0.472 e. The van der Waals surface area contributed by atoms with Crippen molar-refractivity contribution in [3.05, 3.63) is 42.0 Å². The lowest BCUT2D eigenvalue weighted by Crippen LogP contribution is -2.51. The van der Waals surface area contributed by atoms with Crippen LogP contribution >= 0.6 is 7.82 Å². The number of ether oxygens (including phenoxy) is 3. The third-order valence-corrected chi connectivity index (χ3v) is 11.0. The minimum Gasteiger partial charge on any atom is -0.474 e. The number of nitrogen functional groups attached to an aromatic ring is 1. The van der Waals surface area contributed by atoms with Gasteiger partial charge < -0.3 is 35.1 Å². The van der Waals surface area contributed by atoms with Crippen molar-refractivity contribution in [1.82, 2.24) is 30.1 Å². The largest absolute Gasteiger partial charge is 0.474 e. The zero-order valence-corrected chi connectivity index (χ0v) is 33.7. The summed E-state index contributed by atoms with van der Waals surface area (Å²) in [4.78, 5) is 14.7. The molecule has 56 heavy (non-hydrogen) atoms. The molecule has 1 unspecified atom stereocenters. The number of nitrogens with two attached hydrogens (primary N) is 1. The number of aliphatic hydroxyl groups excluding tert-OH is 2. The Morgan fingerprint density at radius 3 is 2.20 bits per heavy atom. The summed E-state index contributed by atoms with van der Waals surface area (Å²) < 4.78 is 42.9. The second-order valence-electron chi connectivity index (χ2n) is 14.3. The number of fused-ring (bicyclic) bond motifs is 1. The molecule has 1 aliphatic heterocycles. The maximum atomic E-state index is 13.2. The van der Waals surface area contributed by atoms with Crippen LogP contribution < -0.4 is 15.8 Å². The number of hydrogen-bond donors (Lipinski definition) is 5. The molecule has 6 atom stereocenters. The summed E-state index contributed by atoms with van der Waals surface area (Å²) >= 11 is 0. The molecule has 0 amide bonds. The van der Waals surface area contributed by atoms with Gasteiger partial charge in [0.1, 0.15) is 48.9 Å². The average molecular weight is 805 g/mol. The number of rotatable bonds is 29. The number of nitrogens with one attached hydrogen (secondary N) is 1. The quantitative estimate of drug-likeness (QED) is 0.0440. The highest BCUT2D eigenvalue weighted by atomic mass is 31.2. The van der Waals surface area contributed by atoms with Gasteiger partial charge in [-0.2, -0.15) is 10.4 Å². The highest BCUT2D eigenvalue weighted by Gasteiger charge is 2.56. The van der Waals surface area contributed by atoms with Crippen LogP contribution in [0.3, 0.4) is 0 Å². The second kappa shape index (κ2) is 23.8. The lowest BCUT2D eigenvalue weighted by atomic mass is 10.00. The van der Waals surface area contributed by atoms with Crippen LogP contribution in [0.15, 0.2) is 30.6 Å². The normalized spacial score (nSPS) is 21.2. The molecule has 1 saturated heterocycles. The predicted molar refractivity (Wildman–Crippen MR) is 208 cm³/mol. The standard InChI is InChI=1S/C38H61N8O9P/c1-3-4-5-6-7-8-9-10-11-12-13-14-15-16-17-18-23-51-25-30(26-52-34-22-19-29(24-39)44-45-34)55-56(49,50)53-27-32-35(47)36(48)38(41-2,54-32)33-21-20-31-37(40)42-28-43-46(31)33/h19-22,28,30,32,35-36,41,47-48H,3-18,23,25-27H2,1-2H3,(H,49,50)(H2,40,42,43)/t30-,32-,35-,36-,38+/m1/s1. The number of nitrogens with zero attached hydrogens (tertiary/aromatic N) is 6. The number of phosphoric acid groups is 1. The van der Waals surface area contributed by atoms with Crippen LogP contribution in [0.4, 0.5) is 5.82 Å². The Bertz CT molecular complexity index is 1660. The van der Waals surface area contributed by atoms with E-state index < -0.39 is 44.6 Å². The van der Waals surface area contributed by atoms with E-state index in [-0.39, 0.29) is 30.6 Å². The van der Waals surface area contributed by atoms with Crippen molar-refractivity contribution in [2.24, 2.45) is 0 Å². The summed E-state index contributed by atoms with van der Waals surface area (Å²) in [6, 6.07) is 8.00. The number of nitriles is 1. The number of aromatic nitrogens is 5. The first kappa shape index (κ1) is 45.4. The van der Waals surface area contributed by atoms with Crippen molar-refractivity contribution >= 4 is 19.2 Å². The van der Waals surface area contributed by atoms with Gasteiger partial charge in [0.15, 0.2) is 17.2 Å². The number of aliphatic hydroxyl groups is 2. The molecule has 1 fully saturated rings. The van der Waals surface area contributed by atoms with Crippen molar-refractivity contribution in [3.63, 3.8) is 0 Å². The fraction of sp³-hybridized carbons (Fsp3) is 0.711. The van der Waals surface area contributed by atoms with Gasteiger partial charge in [0.2, 0.25) is 5.88 Å². The summed E-state index contributed by atoms with van der Waals surface area (Å²) in [6.07, 6.45) is 16.0. The number of anilines is 1. The fourth-order valence-electron chi connectivity index (χ4n) is 6.83. The van der Waals surface area contributed by atoms with Gasteiger partial charge in [-0.15, -0.1) is 10.2 Å². The molecule has 0 bridgehead atoms. The lowest BCUT2D eigenvalue weighted by Gasteiger charge is -2.31. The molecular weight excluding hydrogens is 743 g/mol. The van der Waals surface area contributed by atoms with Crippen molar-refractivity contribution in [2.75, 3.05) is 39.2 Å². The zero-order valence-electron chi connectivity index (χ0n) is 32.8. The Morgan fingerprint density at radius 1 is 0.964 bits per heavy atom. The van der Waals surface area contributed by atoms with E-state index in [0.717, 1.165) is 19.3 Å². The van der Waals surface area contributed by atoms with Crippen molar-refractivity contribution in [3.8, 4) is 11.9 Å². The minimum atomic E-state index is -4.81. The molecule has 17 nitrogen and oxygen atoms in total. The first-order valence-electron chi connectivity index (χ1n) is 20.1. The monoisotopic (exact) mass is 804 g/mol.